The van der Waals surface area contributed by atoms with E-state index in [1.54, 1.807) is 6.20 Å². The van der Waals surface area contributed by atoms with Crippen LogP contribution in [0.4, 0.5) is 5.82 Å². The Morgan fingerprint density at radius 3 is 2.72 bits per heavy atom. The lowest BCUT2D eigenvalue weighted by Gasteiger charge is -2.14. The van der Waals surface area contributed by atoms with Crippen LogP contribution in [0.15, 0.2) is 42.2 Å². The van der Waals surface area contributed by atoms with Crippen LogP contribution in [0, 0.1) is 18.8 Å². The molecule has 0 saturated heterocycles. The number of nitrogens with one attached hydrogen (secondary N) is 1. The quantitative estimate of drug-likeness (QED) is 0.891. The summed E-state index contributed by atoms with van der Waals surface area (Å²) < 4.78 is 0. The van der Waals surface area contributed by atoms with Crippen molar-refractivity contribution in [2.45, 2.75) is 39.5 Å². The van der Waals surface area contributed by atoms with E-state index in [1.807, 2.05) is 37.4 Å². The third-order valence-electron chi connectivity index (χ3n) is 5.62. The minimum absolute atomic E-state index is 0.146. The number of carbonyl (C=O) groups is 1. The topological polar surface area (TPSA) is 54.9 Å². The van der Waals surface area contributed by atoms with E-state index in [0.717, 1.165) is 17.2 Å². The minimum Gasteiger partial charge on any atom is -0.305 e. The molecule has 1 amide bonds. The average molecular weight is 333 g/mol. The fourth-order valence-electron chi connectivity index (χ4n) is 4.43. The van der Waals surface area contributed by atoms with Crippen LogP contribution in [0.5, 0.6) is 0 Å². The van der Waals surface area contributed by atoms with Gasteiger partial charge in [0.05, 0.1) is 18.1 Å². The summed E-state index contributed by atoms with van der Waals surface area (Å²) in [4.78, 5) is 21.4. The van der Waals surface area contributed by atoms with Crippen molar-refractivity contribution in [2.75, 3.05) is 5.32 Å². The van der Waals surface area contributed by atoms with Crippen LogP contribution >= 0.6 is 0 Å². The van der Waals surface area contributed by atoms with Gasteiger partial charge in [-0.15, -0.1) is 0 Å². The maximum Gasteiger partial charge on any atom is 0.257 e. The van der Waals surface area contributed by atoms with Gasteiger partial charge < -0.3 is 5.32 Å². The Hall–Kier alpha value is -2.49. The molecular formula is C21H23N3O. The van der Waals surface area contributed by atoms with Gasteiger partial charge in [-0.1, -0.05) is 30.2 Å². The maximum atomic E-state index is 12.4. The largest absolute Gasteiger partial charge is 0.305 e. The number of fused-ring (bicyclic) bond motifs is 1. The van der Waals surface area contributed by atoms with Crippen molar-refractivity contribution < 1.29 is 4.79 Å². The van der Waals surface area contributed by atoms with Gasteiger partial charge in [-0.2, -0.15) is 0 Å². The maximum absolute atomic E-state index is 12.4. The summed E-state index contributed by atoms with van der Waals surface area (Å²) in [5.41, 5.74) is 5.44. The molecule has 1 aromatic heterocycles. The van der Waals surface area contributed by atoms with Crippen molar-refractivity contribution in [3.05, 3.63) is 59.1 Å². The van der Waals surface area contributed by atoms with Crippen LogP contribution in [-0.2, 0) is 0 Å². The molecule has 2 aliphatic carbocycles. The van der Waals surface area contributed by atoms with E-state index < -0.39 is 0 Å². The van der Waals surface area contributed by atoms with Gasteiger partial charge in [0.1, 0.15) is 0 Å². The predicted molar refractivity (Wildman–Crippen MR) is 99.2 cm³/mol. The number of hydrogen-bond donors (Lipinski definition) is 1. The zero-order valence-corrected chi connectivity index (χ0v) is 14.7. The standard InChI is InChI=1S/C21H23N3O/c1-13-6-3-4-8-16(13)21(25)24-19-12-22-18(11-23-19)20-14(2)10-15-7-5-9-17(15)20/h3-4,6,8,11-12,15,17H,5,7,9-10H2,1-2H3,(H,23,24,25). The molecule has 0 bridgehead atoms. The number of anilines is 1. The van der Waals surface area contributed by atoms with E-state index >= 15 is 0 Å². The molecule has 2 aliphatic rings. The number of aryl methyl sites for hydroxylation is 1. The van der Waals surface area contributed by atoms with Gasteiger partial charge in [0.2, 0.25) is 0 Å². The molecule has 1 heterocycles. The highest BCUT2D eigenvalue weighted by Gasteiger charge is 2.37. The summed E-state index contributed by atoms with van der Waals surface area (Å²) in [5, 5.41) is 2.85. The lowest BCUT2D eigenvalue weighted by molar-refractivity contribution is 0.102. The van der Waals surface area contributed by atoms with Crippen LogP contribution in [0.3, 0.4) is 0 Å². The summed E-state index contributed by atoms with van der Waals surface area (Å²) in [5.74, 6) is 1.81. The number of allylic oxidation sites excluding steroid dienone is 2. The Balaban J connectivity index is 1.52. The zero-order chi connectivity index (χ0) is 17.4. The Morgan fingerprint density at radius 2 is 1.96 bits per heavy atom. The fourth-order valence-corrected chi connectivity index (χ4v) is 4.43. The van der Waals surface area contributed by atoms with Crippen molar-refractivity contribution >= 4 is 17.3 Å². The molecule has 1 saturated carbocycles. The van der Waals surface area contributed by atoms with Crippen molar-refractivity contribution in [2.24, 2.45) is 11.8 Å². The highest BCUT2D eigenvalue weighted by atomic mass is 16.1. The van der Waals surface area contributed by atoms with Crippen LogP contribution in [-0.4, -0.2) is 15.9 Å². The molecule has 4 rings (SSSR count). The van der Waals surface area contributed by atoms with Gasteiger partial charge >= 0.3 is 0 Å². The first-order valence-electron chi connectivity index (χ1n) is 9.02. The van der Waals surface area contributed by atoms with Gasteiger partial charge in [-0.3, -0.25) is 9.78 Å². The average Bonchev–Trinajstić information content (AvgIpc) is 3.16. The van der Waals surface area contributed by atoms with Crippen LogP contribution in [0.2, 0.25) is 0 Å². The molecule has 1 aromatic carbocycles. The normalized spacial score (nSPS) is 22.2. The molecule has 1 fully saturated rings. The lowest BCUT2D eigenvalue weighted by Crippen LogP contribution is -2.14. The Kier molecular flexibility index (Phi) is 4.12. The second kappa shape index (κ2) is 6.43. The van der Waals surface area contributed by atoms with Gasteiger partial charge in [-0.25, -0.2) is 4.98 Å². The van der Waals surface area contributed by atoms with E-state index in [9.17, 15) is 4.79 Å². The number of rotatable bonds is 3. The number of carbonyl (C=O) groups excluding carboxylic acids is 1. The summed E-state index contributed by atoms with van der Waals surface area (Å²) in [6, 6.07) is 7.54. The summed E-state index contributed by atoms with van der Waals surface area (Å²) >= 11 is 0. The molecular weight excluding hydrogens is 310 g/mol. The Morgan fingerprint density at radius 1 is 1.12 bits per heavy atom. The molecule has 0 spiro atoms. The molecule has 2 aromatic rings. The van der Waals surface area contributed by atoms with Gasteiger partial charge in [-0.05, 0) is 62.1 Å². The Bertz CT molecular complexity index is 838. The van der Waals surface area contributed by atoms with E-state index in [-0.39, 0.29) is 5.91 Å². The van der Waals surface area contributed by atoms with E-state index in [2.05, 4.69) is 22.2 Å². The van der Waals surface area contributed by atoms with Crippen molar-refractivity contribution in [3.63, 3.8) is 0 Å². The Labute approximate surface area is 148 Å². The summed E-state index contributed by atoms with van der Waals surface area (Å²) in [6.45, 7) is 4.15. The number of benzene rings is 1. The number of amides is 1. The van der Waals surface area contributed by atoms with Crippen molar-refractivity contribution in [3.8, 4) is 0 Å². The first-order valence-corrected chi connectivity index (χ1v) is 9.02. The first-order chi connectivity index (χ1) is 12.1. The highest BCUT2D eigenvalue weighted by Crippen LogP contribution is 2.50. The number of aromatic nitrogens is 2. The fraction of sp³-hybridized carbons (Fsp3) is 0.381. The zero-order valence-electron chi connectivity index (χ0n) is 14.7. The van der Waals surface area contributed by atoms with Crippen LogP contribution in [0.25, 0.3) is 5.57 Å². The van der Waals surface area contributed by atoms with Crippen LogP contribution < -0.4 is 5.32 Å². The molecule has 2 atom stereocenters. The second-order valence-corrected chi connectivity index (χ2v) is 7.25. The molecule has 25 heavy (non-hydrogen) atoms. The minimum atomic E-state index is -0.146. The van der Waals surface area contributed by atoms with Crippen molar-refractivity contribution in [1.82, 2.24) is 9.97 Å². The molecule has 0 aliphatic heterocycles. The number of hydrogen-bond acceptors (Lipinski definition) is 3. The lowest BCUT2D eigenvalue weighted by atomic mass is 9.93. The smallest absolute Gasteiger partial charge is 0.257 e. The third kappa shape index (κ3) is 2.97. The second-order valence-electron chi connectivity index (χ2n) is 7.25. The molecule has 0 radical (unpaired) electrons. The molecule has 4 nitrogen and oxygen atoms in total. The van der Waals surface area contributed by atoms with Gasteiger partial charge in [0.25, 0.3) is 5.91 Å². The molecule has 4 heteroatoms. The van der Waals surface area contributed by atoms with E-state index in [4.69, 9.17) is 0 Å². The monoisotopic (exact) mass is 333 g/mol. The van der Waals surface area contributed by atoms with Gasteiger partial charge in [0, 0.05) is 5.56 Å². The highest BCUT2D eigenvalue weighted by molar-refractivity contribution is 6.04. The summed E-state index contributed by atoms with van der Waals surface area (Å²) in [7, 11) is 0. The third-order valence-corrected chi connectivity index (χ3v) is 5.62. The number of nitrogens with zero attached hydrogens (tertiary/aromatic N) is 2. The molecule has 128 valence electrons. The van der Waals surface area contributed by atoms with E-state index in [0.29, 0.717) is 17.3 Å². The predicted octanol–water partition coefficient (Wildman–Crippen LogP) is 4.63. The van der Waals surface area contributed by atoms with E-state index in [1.165, 1.54) is 36.8 Å². The van der Waals surface area contributed by atoms with Crippen molar-refractivity contribution in [1.29, 1.82) is 0 Å². The molecule has 1 N–H and O–H groups in total. The van der Waals surface area contributed by atoms with Crippen LogP contribution in [0.1, 0.15) is 54.2 Å². The molecule has 2 unspecified atom stereocenters. The first kappa shape index (κ1) is 16.0. The van der Waals surface area contributed by atoms with Gasteiger partial charge in [0.15, 0.2) is 5.82 Å². The SMILES string of the molecule is CC1=C(c2cnc(NC(=O)c3ccccc3C)cn2)C2CCCC2C1. The summed E-state index contributed by atoms with van der Waals surface area (Å²) in [6.07, 6.45) is 8.62.